The zero-order valence-corrected chi connectivity index (χ0v) is 17.9. The average molecular weight is 409 g/mol. The molecule has 154 valence electrons. The number of aromatic nitrogens is 3. The van der Waals surface area contributed by atoms with Crippen LogP contribution < -0.4 is 5.56 Å². The lowest BCUT2D eigenvalue weighted by molar-refractivity contribution is 0.630. The highest BCUT2D eigenvalue weighted by molar-refractivity contribution is 6.09. The van der Waals surface area contributed by atoms with Crippen LogP contribution in [0.2, 0.25) is 0 Å². The maximum atomic E-state index is 13.1. The molecular formula is C26H24N4O. The summed E-state index contributed by atoms with van der Waals surface area (Å²) in [5.74, 6) is 0. The van der Waals surface area contributed by atoms with Gasteiger partial charge in [0.05, 0.1) is 11.4 Å². The molecule has 0 saturated heterocycles. The molecule has 5 heteroatoms. The lowest BCUT2D eigenvalue weighted by Gasteiger charge is -2.07. The molecule has 5 rings (SSSR count). The molecule has 31 heavy (non-hydrogen) atoms. The first-order chi connectivity index (χ1) is 15.1. The number of hydrogen-bond donors (Lipinski definition) is 0. The topological polar surface area (TPSA) is 44.2 Å². The minimum absolute atomic E-state index is 0.119. The van der Waals surface area contributed by atoms with Gasteiger partial charge < -0.3 is 4.57 Å². The first-order valence-electron chi connectivity index (χ1n) is 10.5. The van der Waals surface area contributed by atoms with E-state index in [1.807, 2.05) is 49.0 Å². The molecular weight excluding hydrogens is 384 g/mol. The van der Waals surface area contributed by atoms with Gasteiger partial charge >= 0.3 is 0 Å². The van der Waals surface area contributed by atoms with Gasteiger partial charge in [-0.25, -0.2) is 9.67 Å². The third kappa shape index (κ3) is 3.01. The van der Waals surface area contributed by atoms with E-state index in [4.69, 9.17) is 0 Å². The van der Waals surface area contributed by atoms with Crippen molar-refractivity contribution in [3.63, 3.8) is 0 Å². The van der Waals surface area contributed by atoms with Gasteiger partial charge in [0.25, 0.3) is 5.56 Å². The monoisotopic (exact) mass is 408 g/mol. The summed E-state index contributed by atoms with van der Waals surface area (Å²) in [4.78, 5) is 17.7. The second kappa shape index (κ2) is 7.43. The van der Waals surface area contributed by atoms with Crippen molar-refractivity contribution in [2.24, 2.45) is 12.0 Å². The Morgan fingerprint density at radius 2 is 1.61 bits per heavy atom. The largest absolute Gasteiger partial charge is 0.341 e. The molecule has 0 saturated carbocycles. The number of nitrogens with zero attached hydrogens (tertiary/aromatic N) is 4. The van der Waals surface area contributed by atoms with Crippen molar-refractivity contribution in [3.8, 4) is 5.69 Å². The number of aryl methyl sites for hydroxylation is 1. The summed E-state index contributed by atoms with van der Waals surface area (Å²) >= 11 is 0. The predicted octanol–water partition coefficient (Wildman–Crippen LogP) is 5.36. The lowest BCUT2D eigenvalue weighted by atomic mass is 10.1. The van der Waals surface area contributed by atoms with Gasteiger partial charge in [-0.1, -0.05) is 42.5 Å². The van der Waals surface area contributed by atoms with Crippen molar-refractivity contribution in [2.45, 2.75) is 20.4 Å². The van der Waals surface area contributed by atoms with Crippen LogP contribution in [0.25, 0.3) is 27.5 Å². The molecule has 0 radical (unpaired) electrons. The fourth-order valence-corrected chi connectivity index (χ4v) is 4.33. The maximum Gasteiger partial charge on any atom is 0.297 e. The molecule has 0 fully saturated rings. The highest BCUT2D eigenvalue weighted by atomic mass is 16.1. The molecule has 0 spiro atoms. The summed E-state index contributed by atoms with van der Waals surface area (Å²) in [6.45, 7) is 5.00. The number of aliphatic imine (C=N–C) groups is 1. The first-order valence-corrected chi connectivity index (χ1v) is 10.5. The lowest BCUT2D eigenvalue weighted by Crippen LogP contribution is -2.19. The minimum Gasteiger partial charge on any atom is -0.341 e. The molecule has 3 aromatic carbocycles. The normalized spacial score (nSPS) is 11.8. The molecule has 0 aliphatic carbocycles. The Hall–Kier alpha value is -3.86. The van der Waals surface area contributed by atoms with Gasteiger partial charge in [-0.05, 0) is 49.7 Å². The third-order valence-corrected chi connectivity index (χ3v) is 5.98. The molecule has 2 heterocycles. The molecule has 0 N–H and O–H groups in total. The molecule has 0 aliphatic heterocycles. The Balaban J connectivity index is 1.60. The highest BCUT2D eigenvalue weighted by Gasteiger charge is 2.15. The molecule has 5 nitrogen and oxygen atoms in total. The van der Waals surface area contributed by atoms with Crippen LogP contribution >= 0.6 is 0 Å². The van der Waals surface area contributed by atoms with Gasteiger partial charge in [0.1, 0.15) is 0 Å². The van der Waals surface area contributed by atoms with Crippen LogP contribution in [-0.2, 0) is 13.6 Å². The SMILES string of the molecule is CCn1c2ccccc2c2cc(C=Nc3c(C)n(C)n(-c4ccccc4)c3=O)ccc21. The van der Waals surface area contributed by atoms with Crippen molar-refractivity contribution in [2.75, 3.05) is 0 Å². The van der Waals surface area contributed by atoms with E-state index in [1.165, 1.54) is 21.8 Å². The molecule has 5 aromatic rings. The number of para-hydroxylation sites is 2. The van der Waals surface area contributed by atoms with Crippen molar-refractivity contribution in [1.82, 2.24) is 13.9 Å². The highest BCUT2D eigenvalue weighted by Crippen LogP contribution is 2.29. The quantitative estimate of drug-likeness (QED) is 0.369. The first kappa shape index (κ1) is 19.1. The molecule has 0 aliphatic rings. The summed E-state index contributed by atoms with van der Waals surface area (Å²) in [5.41, 5.74) is 5.41. The van der Waals surface area contributed by atoms with Crippen LogP contribution in [0.5, 0.6) is 0 Å². The zero-order valence-electron chi connectivity index (χ0n) is 17.9. The second-order valence-electron chi connectivity index (χ2n) is 7.71. The summed E-state index contributed by atoms with van der Waals surface area (Å²) in [6.07, 6.45) is 1.79. The van der Waals surface area contributed by atoms with Crippen LogP contribution in [0, 0.1) is 6.92 Å². The van der Waals surface area contributed by atoms with Crippen molar-refractivity contribution < 1.29 is 0 Å². The van der Waals surface area contributed by atoms with E-state index in [0.29, 0.717) is 5.69 Å². The van der Waals surface area contributed by atoms with E-state index in [-0.39, 0.29) is 5.56 Å². The number of benzene rings is 3. The van der Waals surface area contributed by atoms with Crippen LogP contribution in [0.1, 0.15) is 18.2 Å². The van der Waals surface area contributed by atoms with Crippen molar-refractivity contribution in [3.05, 3.63) is 94.4 Å². The Kier molecular flexibility index (Phi) is 4.59. The fraction of sp³-hybridized carbons (Fsp3) is 0.154. The Morgan fingerprint density at radius 1 is 0.903 bits per heavy atom. The van der Waals surface area contributed by atoms with Crippen LogP contribution in [-0.4, -0.2) is 20.1 Å². The minimum atomic E-state index is -0.119. The summed E-state index contributed by atoms with van der Waals surface area (Å²) in [5, 5.41) is 2.44. The Labute approximate surface area is 180 Å². The van der Waals surface area contributed by atoms with E-state index in [1.54, 1.807) is 10.9 Å². The third-order valence-electron chi connectivity index (χ3n) is 5.98. The molecule has 0 unspecified atom stereocenters. The van der Waals surface area contributed by atoms with Gasteiger partial charge in [-0.2, -0.15) is 0 Å². The van der Waals surface area contributed by atoms with E-state index in [9.17, 15) is 4.79 Å². The van der Waals surface area contributed by atoms with E-state index in [0.717, 1.165) is 23.5 Å². The average Bonchev–Trinajstić information content (AvgIpc) is 3.23. The van der Waals surface area contributed by atoms with E-state index in [2.05, 4.69) is 58.9 Å². The summed E-state index contributed by atoms with van der Waals surface area (Å²) in [7, 11) is 1.88. The Morgan fingerprint density at radius 3 is 2.39 bits per heavy atom. The molecule has 0 atom stereocenters. The van der Waals surface area contributed by atoms with Gasteiger partial charge in [0.15, 0.2) is 5.69 Å². The molecule has 0 bridgehead atoms. The number of hydrogen-bond acceptors (Lipinski definition) is 2. The van der Waals surface area contributed by atoms with Gasteiger partial charge in [0, 0.05) is 41.6 Å². The van der Waals surface area contributed by atoms with Crippen molar-refractivity contribution >= 4 is 33.7 Å². The zero-order chi connectivity index (χ0) is 21.5. The fourth-order valence-electron chi connectivity index (χ4n) is 4.33. The van der Waals surface area contributed by atoms with Gasteiger partial charge in [0.2, 0.25) is 0 Å². The van der Waals surface area contributed by atoms with Gasteiger partial charge in [-0.3, -0.25) is 9.48 Å². The number of fused-ring (bicyclic) bond motifs is 3. The number of rotatable bonds is 4. The summed E-state index contributed by atoms with van der Waals surface area (Å²) in [6, 6.07) is 24.5. The van der Waals surface area contributed by atoms with Crippen LogP contribution in [0.4, 0.5) is 5.69 Å². The second-order valence-corrected chi connectivity index (χ2v) is 7.71. The van der Waals surface area contributed by atoms with Gasteiger partial charge in [-0.15, -0.1) is 0 Å². The van der Waals surface area contributed by atoms with Crippen LogP contribution in [0.15, 0.2) is 82.6 Å². The standard InChI is InChI=1S/C26H24N4O/c1-4-29-23-13-9-8-12-21(23)22-16-19(14-15-24(22)29)17-27-25-18(2)28(3)30(26(25)31)20-10-6-5-7-11-20/h5-17H,4H2,1-3H3. The smallest absolute Gasteiger partial charge is 0.297 e. The molecule has 2 aromatic heterocycles. The van der Waals surface area contributed by atoms with E-state index < -0.39 is 0 Å². The maximum absolute atomic E-state index is 13.1. The molecule has 0 amide bonds. The van der Waals surface area contributed by atoms with E-state index >= 15 is 0 Å². The summed E-state index contributed by atoms with van der Waals surface area (Å²) < 4.78 is 5.83. The van der Waals surface area contributed by atoms with Crippen molar-refractivity contribution in [1.29, 1.82) is 0 Å². The predicted molar refractivity (Wildman–Crippen MR) is 128 cm³/mol. The van der Waals surface area contributed by atoms with Crippen LogP contribution in [0.3, 0.4) is 0 Å². The Bertz CT molecular complexity index is 1500.